The van der Waals surface area contributed by atoms with Crippen molar-refractivity contribution in [3.8, 4) is 6.07 Å². The number of aryl methyl sites for hydroxylation is 1. The fourth-order valence-electron chi connectivity index (χ4n) is 2.14. The summed E-state index contributed by atoms with van der Waals surface area (Å²) in [4.78, 5) is 24.3. The number of halogens is 1. The van der Waals surface area contributed by atoms with Crippen molar-refractivity contribution in [3.05, 3.63) is 35.5 Å². The number of nitrogens with zero attached hydrogens (tertiary/aromatic N) is 2. The SMILES string of the molecule is CCN(CC)c1ccc(N/C=C(/C#N)C(=O)NCC(=O)O)c(C)c1.[Cl-]. The maximum atomic E-state index is 11.7. The van der Waals surface area contributed by atoms with Crippen molar-refractivity contribution < 1.29 is 27.1 Å². The number of anilines is 2. The first kappa shape index (κ1) is 22.3. The normalized spacial score (nSPS) is 10.2. The lowest BCUT2D eigenvalue weighted by molar-refractivity contribution is -0.137. The van der Waals surface area contributed by atoms with Crippen molar-refractivity contribution in [2.45, 2.75) is 20.8 Å². The summed E-state index contributed by atoms with van der Waals surface area (Å²) in [6, 6.07) is 7.62. The molecule has 0 radical (unpaired) electrons. The summed E-state index contributed by atoms with van der Waals surface area (Å²) in [5.74, 6) is -1.90. The van der Waals surface area contributed by atoms with Gasteiger partial charge in [-0.15, -0.1) is 0 Å². The molecule has 1 aromatic carbocycles. The zero-order valence-corrected chi connectivity index (χ0v) is 15.2. The molecule has 0 atom stereocenters. The molecule has 1 amide bonds. The fraction of sp³-hybridized carbons (Fsp3) is 0.353. The Morgan fingerprint density at radius 3 is 2.44 bits per heavy atom. The van der Waals surface area contributed by atoms with Crippen molar-refractivity contribution >= 4 is 23.3 Å². The highest BCUT2D eigenvalue weighted by molar-refractivity contribution is 5.98. The largest absolute Gasteiger partial charge is 1.00 e. The molecule has 1 rings (SSSR count). The smallest absolute Gasteiger partial charge is 0.322 e. The molecule has 0 unspecified atom stereocenters. The van der Waals surface area contributed by atoms with E-state index in [0.717, 1.165) is 30.0 Å². The summed E-state index contributed by atoms with van der Waals surface area (Å²) in [6.45, 7) is 7.39. The average Bonchev–Trinajstić information content (AvgIpc) is 2.56. The van der Waals surface area contributed by atoms with E-state index in [0.29, 0.717) is 0 Å². The molecule has 0 saturated heterocycles. The molecule has 0 aliphatic rings. The molecule has 0 spiro atoms. The van der Waals surface area contributed by atoms with Gasteiger partial charge in [-0.2, -0.15) is 5.26 Å². The second kappa shape index (κ2) is 10.9. The lowest BCUT2D eigenvalue weighted by Gasteiger charge is -2.22. The Morgan fingerprint density at radius 2 is 1.96 bits per heavy atom. The summed E-state index contributed by atoms with van der Waals surface area (Å²) in [7, 11) is 0. The first-order valence-corrected chi connectivity index (χ1v) is 7.65. The fourth-order valence-corrected chi connectivity index (χ4v) is 2.14. The van der Waals surface area contributed by atoms with Crippen molar-refractivity contribution in [2.75, 3.05) is 29.9 Å². The summed E-state index contributed by atoms with van der Waals surface area (Å²) in [6.07, 6.45) is 1.27. The molecule has 0 aliphatic heterocycles. The minimum absolute atomic E-state index is 0. The Kier molecular flexibility index (Phi) is 9.75. The van der Waals surface area contributed by atoms with Crippen molar-refractivity contribution in [1.82, 2.24) is 5.32 Å². The number of nitriles is 1. The Morgan fingerprint density at radius 1 is 1.32 bits per heavy atom. The van der Waals surface area contributed by atoms with Gasteiger partial charge in [0.2, 0.25) is 0 Å². The van der Waals surface area contributed by atoms with Crippen LogP contribution in [0, 0.1) is 18.3 Å². The Hall–Kier alpha value is -2.72. The number of carboxylic acid groups (broad SMARTS) is 1. The number of rotatable bonds is 8. The molecule has 7 nitrogen and oxygen atoms in total. The Labute approximate surface area is 153 Å². The maximum Gasteiger partial charge on any atom is 0.322 e. The second-order valence-corrected chi connectivity index (χ2v) is 5.06. The van der Waals surface area contributed by atoms with Crippen LogP contribution in [0.1, 0.15) is 19.4 Å². The van der Waals surface area contributed by atoms with Gasteiger partial charge in [-0.05, 0) is 44.5 Å². The van der Waals surface area contributed by atoms with Gasteiger partial charge in [0.15, 0.2) is 0 Å². The van der Waals surface area contributed by atoms with Crippen LogP contribution in [0.3, 0.4) is 0 Å². The van der Waals surface area contributed by atoms with Gasteiger partial charge in [-0.25, -0.2) is 0 Å². The third-order valence-electron chi connectivity index (χ3n) is 3.48. The molecular formula is C17H22ClN4O3-. The molecule has 0 fully saturated rings. The highest BCUT2D eigenvalue weighted by Crippen LogP contribution is 2.22. The van der Waals surface area contributed by atoms with Gasteiger partial charge in [-0.1, -0.05) is 0 Å². The lowest BCUT2D eigenvalue weighted by atomic mass is 10.1. The van der Waals surface area contributed by atoms with E-state index in [4.69, 9.17) is 10.4 Å². The van der Waals surface area contributed by atoms with E-state index in [-0.39, 0.29) is 18.0 Å². The van der Waals surface area contributed by atoms with Crippen LogP contribution in [0.25, 0.3) is 0 Å². The van der Waals surface area contributed by atoms with Gasteiger partial charge in [0.05, 0.1) is 0 Å². The number of carboxylic acids is 1. The Balaban J connectivity index is 0.00000576. The summed E-state index contributed by atoms with van der Waals surface area (Å²) < 4.78 is 0. The second-order valence-electron chi connectivity index (χ2n) is 5.06. The minimum Gasteiger partial charge on any atom is -1.00 e. The van der Waals surface area contributed by atoms with Crippen LogP contribution >= 0.6 is 0 Å². The standard InChI is InChI=1S/C17H22N4O3.ClH/c1-4-21(5-2)14-6-7-15(12(3)8-14)19-10-13(9-18)17(24)20-11-16(22)23;/h6-8,10,19H,4-5,11H2,1-3H3,(H,20,24)(H,22,23);1H/p-1/b13-10-;. The van der Waals surface area contributed by atoms with Gasteiger partial charge in [-0.3, -0.25) is 9.59 Å². The van der Waals surface area contributed by atoms with Gasteiger partial charge in [0, 0.05) is 30.7 Å². The van der Waals surface area contributed by atoms with Crippen molar-refractivity contribution in [2.24, 2.45) is 0 Å². The molecule has 8 heteroatoms. The van der Waals surface area contributed by atoms with Crippen LogP contribution in [0.4, 0.5) is 11.4 Å². The topological polar surface area (TPSA) is 105 Å². The van der Waals surface area contributed by atoms with Gasteiger partial charge in [0.1, 0.15) is 18.2 Å². The highest BCUT2D eigenvalue weighted by Gasteiger charge is 2.10. The molecule has 0 aliphatic carbocycles. The van der Waals surface area contributed by atoms with Crippen LogP contribution in [-0.2, 0) is 9.59 Å². The molecule has 0 bridgehead atoms. The molecule has 0 saturated carbocycles. The number of hydrogen-bond acceptors (Lipinski definition) is 5. The van der Waals surface area contributed by atoms with E-state index >= 15 is 0 Å². The number of aliphatic carboxylic acids is 1. The van der Waals surface area contributed by atoms with Crippen LogP contribution in [-0.4, -0.2) is 36.6 Å². The molecule has 25 heavy (non-hydrogen) atoms. The van der Waals surface area contributed by atoms with Crippen LogP contribution in [0.5, 0.6) is 0 Å². The molecule has 0 aromatic heterocycles. The molecular weight excluding hydrogens is 344 g/mol. The predicted octanol–water partition coefficient (Wildman–Crippen LogP) is -1.13. The molecule has 136 valence electrons. The number of amides is 1. The first-order chi connectivity index (χ1) is 11.4. The van der Waals surface area contributed by atoms with E-state index in [1.54, 1.807) is 6.07 Å². The van der Waals surface area contributed by atoms with E-state index in [2.05, 4.69) is 29.4 Å². The summed E-state index contributed by atoms with van der Waals surface area (Å²) >= 11 is 0. The summed E-state index contributed by atoms with van der Waals surface area (Å²) in [5.41, 5.74) is 2.65. The average molecular weight is 366 g/mol. The number of carbonyl (C=O) groups excluding carboxylic acids is 1. The quantitative estimate of drug-likeness (QED) is 0.397. The third-order valence-corrected chi connectivity index (χ3v) is 3.48. The van der Waals surface area contributed by atoms with E-state index in [1.165, 1.54) is 6.20 Å². The zero-order valence-electron chi connectivity index (χ0n) is 14.5. The van der Waals surface area contributed by atoms with E-state index < -0.39 is 18.4 Å². The van der Waals surface area contributed by atoms with E-state index in [9.17, 15) is 9.59 Å². The zero-order chi connectivity index (χ0) is 18.1. The van der Waals surface area contributed by atoms with Gasteiger partial charge >= 0.3 is 5.97 Å². The number of hydrogen-bond donors (Lipinski definition) is 3. The maximum absolute atomic E-state index is 11.7. The van der Waals surface area contributed by atoms with Gasteiger partial charge < -0.3 is 33.0 Å². The molecule has 3 N–H and O–H groups in total. The number of carbonyl (C=O) groups is 2. The number of nitrogens with one attached hydrogen (secondary N) is 2. The van der Waals surface area contributed by atoms with E-state index in [1.807, 2.05) is 25.1 Å². The van der Waals surface area contributed by atoms with Crippen LogP contribution < -0.4 is 27.9 Å². The van der Waals surface area contributed by atoms with Crippen molar-refractivity contribution in [3.63, 3.8) is 0 Å². The lowest BCUT2D eigenvalue weighted by Crippen LogP contribution is -3.00. The minimum atomic E-state index is -1.17. The van der Waals surface area contributed by atoms with Crippen LogP contribution in [0.2, 0.25) is 0 Å². The van der Waals surface area contributed by atoms with Crippen molar-refractivity contribution in [1.29, 1.82) is 5.26 Å². The van der Waals surface area contributed by atoms with Gasteiger partial charge in [0.25, 0.3) is 5.91 Å². The Bertz CT molecular complexity index is 679. The van der Waals surface area contributed by atoms with Crippen LogP contribution in [0.15, 0.2) is 30.0 Å². The molecule has 0 heterocycles. The summed E-state index contributed by atoms with van der Waals surface area (Å²) in [5, 5.41) is 22.6. The molecule has 1 aromatic rings. The predicted molar refractivity (Wildman–Crippen MR) is 92.7 cm³/mol. The monoisotopic (exact) mass is 365 g/mol. The highest BCUT2D eigenvalue weighted by atomic mass is 35.5. The first-order valence-electron chi connectivity index (χ1n) is 7.65. The third kappa shape index (κ3) is 6.73. The number of benzene rings is 1.